The molecule has 1 aromatic carbocycles. The summed E-state index contributed by atoms with van der Waals surface area (Å²) in [5.41, 5.74) is 4.69. The lowest BCUT2D eigenvalue weighted by atomic mass is 9.95. The first-order valence-electron chi connectivity index (χ1n) is 7.93. The van der Waals surface area contributed by atoms with Crippen molar-refractivity contribution in [2.24, 2.45) is 0 Å². The molecule has 1 N–H and O–H groups in total. The first kappa shape index (κ1) is 14.1. The first-order chi connectivity index (χ1) is 9.74. The highest BCUT2D eigenvalue weighted by Crippen LogP contribution is 2.25. The molecule has 0 saturated carbocycles. The molecular formula is C17H27N3. The van der Waals surface area contributed by atoms with Gasteiger partial charge in [0.05, 0.1) is 0 Å². The van der Waals surface area contributed by atoms with Gasteiger partial charge < -0.3 is 10.2 Å². The van der Waals surface area contributed by atoms with Gasteiger partial charge >= 0.3 is 0 Å². The van der Waals surface area contributed by atoms with Crippen LogP contribution >= 0.6 is 0 Å². The smallest absolute Gasteiger partial charge is 0.0240 e. The maximum absolute atomic E-state index is 3.48. The van der Waals surface area contributed by atoms with Gasteiger partial charge in [0, 0.05) is 25.7 Å². The molecule has 2 heterocycles. The van der Waals surface area contributed by atoms with Gasteiger partial charge in [-0.15, -0.1) is 0 Å². The van der Waals surface area contributed by atoms with Crippen molar-refractivity contribution in [2.75, 3.05) is 33.7 Å². The minimum absolute atomic E-state index is 0.738. The van der Waals surface area contributed by atoms with Gasteiger partial charge in [-0.25, -0.2) is 0 Å². The summed E-state index contributed by atoms with van der Waals surface area (Å²) in [7, 11) is 4.37. The molecule has 3 rings (SSSR count). The molecule has 3 heteroatoms. The molecule has 0 bridgehead atoms. The van der Waals surface area contributed by atoms with Gasteiger partial charge in [0.15, 0.2) is 0 Å². The average molecular weight is 273 g/mol. The van der Waals surface area contributed by atoms with Crippen molar-refractivity contribution < 1.29 is 0 Å². The van der Waals surface area contributed by atoms with Gasteiger partial charge in [0.1, 0.15) is 0 Å². The summed E-state index contributed by atoms with van der Waals surface area (Å²) in [6, 6.07) is 7.60. The van der Waals surface area contributed by atoms with E-state index in [2.05, 4.69) is 47.4 Å². The Hall–Kier alpha value is -0.900. The van der Waals surface area contributed by atoms with E-state index in [0.29, 0.717) is 0 Å². The topological polar surface area (TPSA) is 18.5 Å². The van der Waals surface area contributed by atoms with Gasteiger partial charge in [0.2, 0.25) is 0 Å². The Bertz CT molecular complexity index is 456. The van der Waals surface area contributed by atoms with Gasteiger partial charge in [-0.1, -0.05) is 18.2 Å². The minimum atomic E-state index is 0.738. The quantitative estimate of drug-likeness (QED) is 0.903. The molecule has 0 spiro atoms. The number of benzene rings is 1. The monoisotopic (exact) mass is 273 g/mol. The molecule has 3 nitrogen and oxygen atoms in total. The van der Waals surface area contributed by atoms with Gasteiger partial charge in [-0.05, 0) is 63.1 Å². The number of fused-ring (bicyclic) bond motifs is 1. The minimum Gasteiger partial charge on any atom is -0.312 e. The molecule has 0 aliphatic carbocycles. The zero-order valence-electron chi connectivity index (χ0n) is 12.9. The number of hydrogen-bond acceptors (Lipinski definition) is 3. The molecular weight excluding hydrogens is 246 g/mol. The van der Waals surface area contributed by atoms with Crippen molar-refractivity contribution in [3.8, 4) is 0 Å². The van der Waals surface area contributed by atoms with E-state index in [0.717, 1.165) is 25.7 Å². The van der Waals surface area contributed by atoms with Crippen molar-refractivity contribution in [1.29, 1.82) is 0 Å². The van der Waals surface area contributed by atoms with Crippen LogP contribution in [0.3, 0.4) is 0 Å². The lowest BCUT2D eigenvalue weighted by Crippen LogP contribution is -2.37. The second kappa shape index (κ2) is 6.25. The van der Waals surface area contributed by atoms with Crippen LogP contribution in [0.25, 0.3) is 0 Å². The maximum Gasteiger partial charge on any atom is 0.0240 e. The van der Waals surface area contributed by atoms with E-state index >= 15 is 0 Å². The summed E-state index contributed by atoms with van der Waals surface area (Å²) in [5, 5.41) is 3.48. The van der Waals surface area contributed by atoms with E-state index in [-0.39, 0.29) is 0 Å². The normalized spacial score (nSPS) is 23.2. The lowest BCUT2D eigenvalue weighted by Gasteiger charge is -2.29. The second-order valence-corrected chi connectivity index (χ2v) is 6.51. The summed E-state index contributed by atoms with van der Waals surface area (Å²) in [5.74, 6) is 0. The van der Waals surface area contributed by atoms with Crippen molar-refractivity contribution in [3.05, 3.63) is 34.9 Å². The number of rotatable bonds is 4. The van der Waals surface area contributed by atoms with Crippen LogP contribution in [0.2, 0.25) is 0 Å². The third-order valence-corrected chi connectivity index (χ3v) is 4.69. The van der Waals surface area contributed by atoms with Crippen LogP contribution in [0.4, 0.5) is 0 Å². The Labute approximate surface area is 123 Å². The van der Waals surface area contributed by atoms with Crippen molar-refractivity contribution in [2.45, 2.75) is 38.4 Å². The summed E-state index contributed by atoms with van der Waals surface area (Å²) >= 11 is 0. The molecule has 0 radical (unpaired) electrons. The summed E-state index contributed by atoms with van der Waals surface area (Å²) < 4.78 is 0. The van der Waals surface area contributed by atoms with Crippen LogP contribution in [0.5, 0.6) is 0 Å². The van der Waals surface area contributed by atoms with Crippen molar-refractivity contribution >= 4 is 0 Å². The number of likely N-dealkylation sites (tertiary alicyclic amines) is 1. The Morgan fingerprint density at radius 2 is 2.25 bits per heavy atom. The molecule has 1 aromatic rings. The number of hydrogen-bond donors (Lipinski definition) is 1. The van der Waals surface area contributed by atoms with Crippen LogP contribution < -0.4 is 5.32 Å². The van der Waals surface area contributed by atoms with E-state index in [4.69, 9.17) is 0 Å². The van der Waals surface area contributed by atoms with Gasteiger partial charge in [-0.3, -0.25) is 4.90 Å². The molecule has 0 amide bonds. The molecule has 2 aliphatic rings. The van der Waals surface area contributed by atoms with E-state index in [1.807, 2.05) is 0 Å². The van der Waals surface area contributed by atoms with E-state index in [1.165, 1.54) is 37.9 Å². The zero-order valence-corrected chi connectivity index (χ0v) is 12.9. The molecule has 2 aliphatic heterocycles. The van der Waals surface area contributed by atoms with E-state index in [1.54, 1.807) is 11.1 Å². The third kappa shape index (κ3) is 3.05. The molecule has 1 fully saturated rings. The lowest BCUT2D eigenvalue weighted by molar-refractivity contribution is 0.200. The van der Waals surface area contributed by atoms with Gasteiger partial charge in [0.25, 0.3) is 0 Å². The predicted molar refractivity (Wildman–Crippen MR) is 83.8 cm³/mol. The molecule has 1 atom stereocenters. The highest BCUT2D eigenvalue weighted by molar-refractivity contribution is 5.37. The Morgan fingerprint density at radius 1 is 1.35 bits per heavy atom. The fourth-order valence-electron chi connectivity index (χ4n) is 3.71. The van der Waals surface area contributed by atoms with Gasteiger partial charge in [-0.2, -0.15) is 0 Å². The molecule has 110 valence electrons. The Kier molecular flexibility index (Phi) is 4.39. The van der Waals surface area contributed by atoms with Crippen molar-refractivity contribution in [1.82, 2.24) is 15.1 Å². The first-order valence-corrected chi connectivity index (χ1v) is 7.93. The SMILES string of the molecule is CN(C)CC1CCCN1Cc1cccc2c1CCNC2. The summed E-state index contributed by atoms with van der Waals surface area (Å²) in [4.78, 5) is 5.02. The fraction of sp³-hybridized carbons (Fsp3) is 0.647. The van der Waals surface area contributed by atoms with Crippen LogP contribution in [-0.2, 0) is 19.5 Å². The van der Waals surface area contributed by atoms with Crippen LogP contribution in [0.1, 0.15) is 29.5 Å². The molecule has 1 unspecified atom stereocenters. The third-order valence-electron chi connectivity index (χ3n) is 4.69. The number of nitrogens with zero attached hydrogens (tertiary/aromatic N) is 2. The van der Waals surface area contributed by atoms with Crippen LogP contribution in [0, 0.1) is 0 Å². The standard InChI is InChI=1S/C17H27N3/c1-19(2)13-16-7-4-10-20(16)12-15-6-3-5-14-11-18-9-8-17(14)15/h3,5-6,16,18H,4,7-13H2,1-2H3. The maximum atomic E-state index is 3.48. The Morgan fingerprint density at radius 3 is 3.10 bits per heavy atom. The number of likely N-dealkylation sites (N-methyl/N-ethyl adjacent to an activating group) is 1. The Balaban J connectivity index is 1.74. The van der Waals surface area contributed by atoms with Crippen molar-refractivity contribution in [3.63, 3.8) is 0 Å². The van der Waals surface area contributed by atoms with Crippen LogP contribution in [-0.4, -0.2) is 49.6 Å². The zero-order chi connectivity index (χ0) is 13.9. The number of nitrogens with one attached hydrogen (secondary N) is 1. The predicted octanol–water partition coefficient (Wildman–Crippen LogP) is 1.86. The van der Waals surface area contributed by atoms with E-state index < -0.39 is 0 Å². The largest absolute Gasteiger partial charge is 0.312 e. The summed E-state index contributed by atoms with van der Waals surface area (Å²) in [6.45, 7) is 5.77. The highest BCUT2D eigenvalue weighted by Gasteiger charge is 2.25. The average Bonchev–Trinajstić information content (AvgIpc) is 2.86. The highest BCUT2D eigenvalue weighted by atomic mass is 15.2. The molecule has 20 heavy (non-hydrogen) atoms. The second-order valence-electron chi connectivity index (χ2n) is 6.51. The van der Waals surface area contributed by atoms with E-state index in [9.17, 15) is 0 Å². The van der Waals surface area contributed by atoms with Crippen LogP contribution in [0.15, 0.2) is 18.2 Å². The summed E-state index contributed by atoms with van der Waals surface area (Å²) in [6.07, 6.45) is 3.90. The fourth-order valence-corrected chi connectivity index (χ4v) is 3.71. The molecule has 1 saturated heterocycles. The molecule has 0 aromatic heterocycles.